The number of amides is 1. The Hall–Kier alpha value is -2.45. The van der Waals surface area contributed by atoms with E-state index in [9.17, 15) is 18.0 Å². The van der Waals surface area contributed by atoms with Gasteiger partial charge in [-0.25, -0.2) is 13.1 Å². The number of benzene rings is 1. The SMILES string of the molecule is CCc1c(C(=O)NCc2ccc(CS(=O)(=O)NC(C)C)cc2)[nH]c(C)c1C(C)=O. The molecule has 0 saturated carbocycles. The molecule has 1 amide bonds. The Morgan fingerprint density at radius 3 is 2.21 bits per heavy atom. The summed E-state index contributed by atoms with van der Waals surface area (Å²) in [6.45, 7) is 9.04. The van der Waals surface area contributed by atoms with Crippen LogP contribution in [-0.2, 0) is 28.7 Å². The second-order valence-corrected chi connectivity index (χ2v) is 9.17. The number of H-pyrrole nitrogens is 1. The lowest BCUT2D eigenvalue weighted by Crippen LogP contribution is -2.31. The van der Waals surface area contributed by atoms with Gasteiger partial charge in [-0.15, -0.1) is 0 Å². The minimum Gasteiger partial charge on any atom is -0.354 e. The minimum absolute atomic E-state index is 0.0628. The van der Waals surface area contributed by atoms with Crippen LogP contribution in [0.5, 0.6) is 0 Å². The Bertz CT molecular complexity index is 990. The van der Waals surface area contributed by atoms with Crippen LogP contribution in [0.2, 0.25) is 0 Å². The summed E-state index contributed by atoms with van der Waals surface area (Å²) in [6, 6.07) is 6.92. The fraction of sp³-hybridized carbons (Fsp3) is 0.429. The fourth-order valence-electron chi connectivity index (χ4n) is 3.34. The standard InChI is InChI=1S/C21H29N3O4S/c1-6-18-19(15(5)25)14(4)23-20(18)21(26)22-11-16-7-9-17(10-8-16)12-29(27,28)24-13(2)3/h7-10,13,23-24H,6,11-12H2,1-5H3,(H,22,26). The predicted molar refractivity (Wildman–Crippen MR) is 113 cm³/mol. The van der Waals surface area contributed by atoms with Crippen molar-refractivity contribution in [1.82, 2.24) is 15.0 Å². The van der Waals surface area contributed by atoms with Gasteiger partial charge in [0.15, 0.2) is 5.78 Å². The smallest absolute Gasteiger partial charge is 0.268 e. The van der Waals surface area contributed by atoms with Crippen LogP contribution in [0, 0.1) is 6.92 Å². The van der Waals surface area contributed by atoms with Gasteiger partial charge >= 0.3 is 0 Å². The van der Waals surface area contributed by atoms with Gasteiger partial charge in [0, 0.05) is 23.8 Å². The van der Waals surface area contributed by atoms with Gasteiger partial charge in [-0.1, -0.05) is 31.2 Å². The number of aryl methyl sites for hydroxylation is 1. The summed E-state index contributed by atoms with van der Waals surface area (Å²) < 4.78 is 26.6. The average molecular weight is 420 g/mol. The predicted octanol–water partition coefficient (Wildman–Crippen LogP) is 2.85. The highest BCUT2D eigenvalue weighted by atomic mass is 32.2. The van der Waals surface area contributed by atoms with Crippen molar-refractivity contribution in [1.29, 1.82) is 0 Å². The lowest BCUT2D eigenvalue weighted by atomic mass is 10.0. The molecule has 0 spiro atoms. The summed E-state index contributed by atoms with van der Waals surface area (Å²) in [7, 11) is -3.38. The van der Waals surface area contributed by atoms with E-state index < -0.39 is 10.0 Å². The highest BCUT2D eigenvalue weighted by Gasteiger charge is 2.21. The van der Waals surface area contributed by atoms with Crippen LogP contribution in [0.25, 0.3) is 0 Å². The van der Waals surface area contributed by atoms with Crippen molar-refractivity contribution >= 4 is 21.7 Å². The summed E-state index contributed by atoms with van der Waals surface area (Å²) in [5.41, 5.74) is 3.94. The number of aromatic amines is 1. The zero-order valence-corrected chi connectivity index (χ0v) is 18.4. The quantitative estimate of drug-likeness (QED) is 0.543. The van der Waals surface area contributed by atoms with E-state index in [-0.39, 0.29) is 23.5 Å². The first-order chi connectivity index (χ1) is 13.5. The van der Waals surface area contributed by atoms with Gasteiger partial charge in [-0.3, -0.25) is 9.59 Å². The highest BCUT2D eigenvalue weighted by Crippen LogP contribution is 2.20. The van der Waals surface area contributed by atoms with Crippen LogP contribution in [0.1, 0.15) is 70.9 Å². The third-order valence-electron chi connectivity index (χ3n) is 4.47. The summed E-state index contributed by atoms with van der Waals surface area (Å²) in [4.78, 5) is 27.5. The van der Waals surface area contributed by atoms with Crippen LogP contribution < -0.4 is 10.0 Å². The first-order valence-electron chi connectivity index (χ1n) is 9.62. The molecule has 1 aromatic carbocycles. The van der Waals surface area contributed by atoms with Gasteiger partial charge in [-0.2, -0.15) is 0 Å². The molecular weight excluding hydrogens is 390 g/mol. The van der Waals surface area contributed by atoms with E-state index in [1.54, 1.807) is 45.0 Å². The Morgan fingerprint density at radius 1 is 1.10 bits per heavy atom. The molecule has 0 aliphatic carbocycles. The number of nitrogens with one attached hydrogen (secondary N) is 3. The largest absolute Gasteiger partial charge is 0.354 e. The summed E-state index contributed by atoms with van der Waals surface area (Å²) in [5, 5.41) is 2.85. The van der Waals surface area contributed by atoms with E-state index >= 15 is 0 Å². The molecule has 0 saturated heterocycles. The van der Waals surface area contributed by atoms with Crippen molar-refractivity contribution in [3.63, 3.8) is 0 Å². The van der Waals surface area contributed by atoms with Crippen molar-refractivity contribution in [2.45, 2.75) is 59.4 Å². The number of carbonyl (C=O) groups excluding carboxylic acids is 2. The fourth-order valence-corrected chi connectivity index (χ4v) is 4.78. The van der Waals surface area contributed by atoms with E-state index in [0.29, 0.717) is 35.5 Å². The van der Waals surface area contributed by atoms with Crippen LogP contribution in [0.15, 0.2) is 24.3 Å². The molecule has 0 fully saturated rings. The third kappa shape index (κ3) is 6.01. The molecule has 2 aromatic rings. The molecule has 0 bridgehead atoms. The lowest BCUT2D eigenvalue weighted by molar-refractivity contribution is 0.0945. The molecule has 7 nitrogen and oxygen atoms in total. The molecule has 0 unspecified atom stereocenters. The number of Topliss-reactive ketones (excluding diaryl/α,β-unsaturated/α-hetero) is 1. The molecule has 0 radical (unpaired) electrons. The number of ketones is 1. The maximum absolute atomic E-state index is 12.6. The average Bonchev–Trinajstić information content (AvgIpc) is 2.96. The molecule has 0 aliphatic heterocycles. The Kier molecular flexibility index (Phi) is 7.37. The number of sulfonamides is 1. The zero-order valence-electron chi connectivity index (χ0n) is 17.5. The number of rotatable bonds is 9. The topological polar surface area (TPSA) is 108 Å². The van der Waals surface area contributed by atoms with Crippen molar-refractivity contribution in [3.05, 3.63) is 57.9 Å². The van der Waals surface area contributed by atoms with Crippen LogP contribution in [0.3, 0.4) is 0 Å². The van der Waals surface area contributed by atoms with Gasteiger partial charge in [-0.05, 0) is 50.8 Å². The van der Waals surface area contributed by atoms with Gasteiger partial charge in [0.1, 0.15) is 5.69 Å². The number of aromatic nitrogens is 1. The van der Waals surface area contributed by atoms with Crippen LogP contribution in [-0.4, -0.2) is 31.1 Å². The van der Waals surface area contributed by atoms with E-state index in [2.05, 4.69) is 15.0 Å². The maximum Gasteiger partial charge on any atom is 0.268 e. The molecule has 158 valence electrons. The molecule has 8 heteroatoms. The third-order valence-corrected chi connectivity index (χ3v) is 6.02. The van der Waals surface area contributed by atoms with Crippen molar-refractivity contribution in [3.8, 4) is 0 Å². The van der Waals surface area contributed by atoms with Gasteiger partial charge < -0.3 is 10.3 Å². The Morgan fingerprint density at radius 2 is 1.69 bits per heavy atom. The minimum atomic E-state index is -3.38. The zero-order chi connectivity index (χ0) is 21.8. The molecule has 2 rings (SSSR count). The molecule has 1 heterocycles. The molecule has 0 atom stereocenters. The van der Waals surface area contributed by atoms with Crippen molar-refractivity contribution in [2.75, 3.05) is 0 Å². The lowest BCUT2D eigenvalue weighted by Gasteiger charge is -2.10. The normalized spacial score (nSPS) is 11.7. The van der Waals surface area contributed by atoms with Crippen LogP contribution in [0.4, 0.5) is 0 Å². The monoisotopic (exact) mass is 419 g/mol. The van der Waals surface area contributed by atoms with E-state index in [4.69, 9.17) is 0 Å². The summed E-state index contributed by atoms with van der Waals surface area (Å²) in [6.07, 6.45) is 0.579. The highest BCUT2D eigenvalue weighted by molar-refractivity contribution is 7.88. The molecule has 29 heavy (non-hydrogen) atoms. The number of hydrogen-bond donors (Lipinski definition) is 3. The summed E-state index contributed by atoms with van der Waals surface area (Å²) in [5.74, 6) is -0.426. The molecule has 1 aromatic heterocycles. The maximum atomic E-state index is 12.6. The van der Waals surface area contributed by atoms with E-state index in [1.165, 1.54) is 6.92 Å². The molecule has 0 aliphatic rings. The molecule has 3 N–H and O–H groups in total. The number of carbonyl (C=O) groups is 2. The van der Waals surface area contributed by atoms with Gasteiger partial charge in [0.25, 0.3) is 5.91 Å². The Labute approximate surface area is 172 Å². The van der Waals surface area contributed by atoms with Gasteiger partial charge in [0.2, 0.25) is 10.0 Å². The van der Waals surface area contributed by atoms with Gasteiger partial charge in [0.05, 0.1) is 5.75 Å². The summed E-state index contributed by atoms with van der Waals surface area (Å²) >= 11 is 0. The second kappa shape index (κ2) is 9.37. The van der Waals surface area contributed by atoms with Crippen molar-refractivity contribution in [2.24, 2.45) is 0 Å². The van der Waals surface area contributed by atoms with Crippen molar-refractivity contribution < 1.29 is 18.0 Å². The molecular formula is C21H29N3O4S. The van der Waals surface area contributed by atoms with Crippen LogP contribution >= 0.6 is 0 Å². The van der Waals surface area contributed by atoms with E-state index in [0.717, 1.165) is 11.1 Å². The first-order valence-corrected chi connectivity index (χ1v) is 11.3. The first kappa shape index (κ1) is 22.8. The number of hydrogen-bond acceptors (Lipinski definition) is 4. The second-order valence-electron chi connectivity index (χ2n) is 7.42. The van der Waals surface area contributed by atoms with E-state index in [1.807, 2.05) is 6.92 Å². The Balaban J connectivity index is 2.05.